The van der Waals surface area contributed by atoms with Crippen LogP contribution in [-0.2, 0) is 24.2 Å². The Kier molecular flexibility index (Phi) is 6.63. The van der Waals surface area contributed by atoms with Crippen LogP contribution in [0.5, 0.6) is 0 Å². The number of hydrogen-bond acceptors (Lipinski definition) is 2. The Morgan fingerprint density at radius 1 is 1.00 bits per heavy atom. The first kappa shape index (κ1) is 27.6. The number of allylic oxidation sites excluding steroid dienone is 1. The van der Waals surface area contributed by atoms with Crippen LogP contribution in [0.25, 0.3) is 28.5 Å². The van der Waals surface area contributed by atoms with Crippen molar-refractivity contribution in [1.29, 1.82) is 0 Å². The van der Waals surface area contributed by atoms with Gasteiger partial charge in [-0.05, 0) is 43.7 Å². The number of alkyl halides is 3. The van der Waals surface area contributed by atoms with Crippen molar-refractivity contribution in [2.24, 2.45) is 7.05 Å². The van der Waals surface area contributed by atoms with Gasteiger partial charge in [0.2, 0.25) is 11.5 Å². The summed E-state index contributed by atoms with van der Waals surface area (Å²) in [6.07, 6.45) is 0.414. The third-order valence-corrected chi connectivity index (χ3v) is 8.49. The van der Waals surface area contributed by atoms with Crippen LogP contribution in [0.1, 0.15) is 51.4 Å². The molecule has 2 unspecified atom stereocenters. The van der Waals surface area contributed by atoms with Crippen LogP contribution in [0.2, 0.25) is 0 Å². The van der Waals surface area contributed by atoms with E-state index in [0.29, 0.717) is 47.5 Å². The summed E-state index contributed by atoms with van der Waals surface area (Å²) < 4.78 is 75.1. The molecule has 1 aromatic carbocycles. The largest absolute Gasteiger partial charge is 0.453 e. The number of halogens is 5. The fourth-order valence-electron chi connectivity index (χ4n) is 6.34. The van der Waals surface area contributed by atoms with E-state index in [0.717, 1.165) is 10.7 Å². The first-order valence-corrected chi connectivity index (χ1v) is 13.1. The predicted octanol–water partition coefficient (Wildman–Crippen LogP) is 6.37. The minimum absolute atomic E-state index is 0.0315. The lowest BCUT2D eigenvalue weighted by Crippen LogP contribution is -2.69. The van der Waals surface area contributed by atoms with Crippen molar-refractivity contribution in [3.05, 3.63) is 90.5 Å². The summed E-state index contributed by atoms with van der Waals surface area (Å²) >= 11 is 0. The standard InChI is InChI=1S/C30H30F5N5/c1-6-28(4)21-16-20(31)17-22(32)25(21)23-12-9-11-15-40(23)29(28,7-2)18-19(3)39-14-10-8-13-24(39)26-36-27(30(33,34)35)37-38(26)5/h8-17H,3,6-7,18H2,1-2,4-5H3/q+2. The summed E-state index contributed by atoms with van der Waals surface area (Å²) in [4.78, 5) is 3.78. The number of benzene rings is 1. The average molecular weight is 556 g/mol. The van der Waals surface area contributed by atoms with E-state index in [-0.39, 0.29) is 5.82 Å². The molecule has 0 fully saturated rings. The number of aromatic nitrogens is 5. The molecule has 0 amide bonds. The highest BCUT2D eigenvalue weighted by molar-refractivity contribution is 5.66. The molecule has 5 nitrogen and oxygen atoms in total. The fraction of sp³-hybridized carbons (Fsp3) is 0.333. The van der Waals surface area contributed by atoms with E-state index in [9.17, 15) is 17.6 Å². The van der Waals surface area contributed by atoms with E-state index in [4.69, 9.17) is 0 Å². The smallest absolute Gasteiger partial charge is 0.243 e. The van der Waals surface area contributed by atoms with Gasteiger partial charge < -0.3 is 0 Å². The molecule has 5 rings (SSSR count). The zero-order chi connectivity index (χ0) is 29.0. The summed E-state index contributed by atoms with van der Waals surface area (Å²) in [5.41, 5.74) is 1.08. The Bertz CT molecular complexity index is 1630. The number of hydrogen-bond donors (Lipinski definition) is 0. The predicted molar refractivity (Wildman–Crippen MR) is 139 cm³/mol. The van der Waals surface area contributed by atoms with Gasteiger partial charge in [0.25, 0.3) is 11.5 Å². The van der Waals surface area contributed by atoms with Crippen molar-refractivity contribution in [3.8, 4) is 22.8 Å². The molecule has 0 saturated carbocycles. The number of rotatable bonds is 6. The zero-order valence-electron chi connectivity index (χ0n) is 22.7. The molecule has 208 valence electrons. The summed E-state index contributed by atoms with van der Waals surface area (Å²) in [7, 11) is 1.41. The number of nitrogens with zero attached hydrogens (tertiary/aromatic N) is 5. The Labute approximate surface area is 229 Å². The van der Waals surface area contributed by atoms with Crippen LogP contribution in [0.4, 0.5) is 22.0 Å². The maximum absolute atomic E-state index is 15.4. The van der Waals surface area contributed by atoms with E-state index >= 15 is 4.39 Å². The number of fused-ring (bicyclic) bond motifs is 3. The van der Waals surface area contributed by atoms with Crippen LogP contribution in [0.3, 0.4) is 0 Å². The molecule has 4 heterocycles. The molecule has 0 saturated heterocycles. The molecular weight excluding hydrogens is 525 g/mol. The monoisotopic (exact) mass is 555 g/mol. The van der Waals surface area contributed by atoms with E-state index < -0.39 is 34.6 Å². The van der Waals surface area contributed by atoms with E-state index in [1.807, 2.05) is 45.2 Å². The summed E-state index contributed by atoms with van der Waals surface area (Å²) in [5, 5.41) is 3.57. The maximum Gasteiger partial charge on any atom is 0.453 e. The molecule has 3 aromatic heterocycles. The molecule has 0 radical (unpaired) electrons. The van der Waals surface area contributed by atoms with Gasteiger partial charge in [-0.2, -0.15) is 27.3 Å². The molecule has 0 spiro atoms. The van der Waals surface area contributed by atoms with Crippen LogP contribution in [0.15, 0.2) is 67.5 Å². The SMILES string of the molecule is C=C(CC1(CC)[n+]2ccccc2-c2c(F)cc(F)cc2C1(C)CC)[n+]1ccccc1-c1nc(C(F)(F)F)nn1C. The Balaban J connectivity index is 1.69. The summed E-state index contributed by atoms with van der Waals surface area (Å²) in [6, 6.07) is 13.0. The molecule has 0 aliphatic carbocycles. The zero-order valence-corrected chi connectivity index (χ0v) is 22.7. The second kappa shape index (κ2) is 9.60. The number of aryl methyl sites for hydroxylation is 1. The molecule has 0 bridgehead atoms. The van der Waals surface area contributed by atoms with E-state index in [1.165, 1.54) is 13.1 Å². The Morgan fingerprint density at radius 2 is 1.68 bits per heavy atom. The average Bonchev–Trinajstić information content (AvgIpc) is 3.32. The fourth-order valence-corrected chi connectivity index (χ4v) is 6.34. The van der Waals surface area contributed by atoms with Crippen molar-refractivity contribution in [2.75, 3.05) is 0 Å². The first-order valence-electron chi connectivity index (χ1n) is 13.1. The normalized spacial score (nSPS) is 20.2. The molecule has 2 atom stereocenters. The first-order chi connectivity index (χ1) is 18.9. The van der Waals surface area contributed by atoms with Gasteiger partial charge in [0.05, 0.1) is 17.4 Å². The van der Waals surface area contributed by atoms with Crippen LogP contribution in [-0.4, -0.2) is 14.8 Å². The van der Waals surface area contributed by atoms with Crippen molar-refractivity contribution in [1.82, 2.24) is 14.8 Å². The lowest BCUT2D eigenvalue weighted by Gasteiger charge is -2.47. The second-order valence-corrected chi connectivity index (χ2v) is 10.4. The highest BCUT2D eigenvalue weighted by Gasteiger charge is 2.61. The van der Waals surface area contributed by atoms with Crippen molar-refractivity contribution >= 4 is 5.70 Å². The molecule has 1 aliphatic heterocycles. The topological polar surface area (TPSA) is 38.5 Å². The minimum atomic E-state index is -4.69. The highest BCUT2D eigenvalue weighted by atomic mass is 19.4. The second-order valence-electron chi connectivity index (χ2n) is 10.4. The van der Waals surface area contributed by atoms with Gasteiger partial charge >= 0.3 is 6.18 Å². The van der Waals surface area contributed by atoms with Gasteiger partial charge in [-0.15, -0.1) is 5.10 Å². The molecule has 0 N–H and O–H groups in total. The lowest BCUT2D eigenvalue weighted by molar-refractivity contribution is -0.770. The molecule has 1 aliphatic rings. The van der Waals surface area contributed by atoms with E-state index in [2.05, 4.69) is 21.2 Å². The maximum atomic E-state index is 15.4. The summed E-state index contributed by atoms with van der Waals surface area (Å²) in [6.45, 7) is 10.4. The highest BCUT2D eigenvalue weighted by Crippen LogP contribution is 2.52. The van der Waals surface area contributed by atoms with Gasteiger partial charge in [0, 0.05) is 43.8 Å². The van der Waals surface area contributed by atoms with Gasteiger partial charge in [-0.1, -0.05) is 13.8 Å². The quantitative estimate of drug-likeness (QED) is 0.205. The number of pyridine rings is 2. The van der Waals surface area contributed by atoms with E-state index in [1.54, 1.807) is 29.0 Å². The summed E-state index contributed by atoms with van der Waals surface area (Å²) in [5.74, 6) is -2.47. The molecular formula is C30H30F5N5+2. The van der Waals surface area contributed by atoms with Crippen molar-refractivity contribution in [2.45, 2.75) is 57.2 Å². The minimum Gasteiger partial charge on any atom is -0.243 e. The van der Waals surface area contributed by atoms with Crippen LogP contribution in [0, 0.1) is 11.6 Å². The third kappa shape index (κ3) is 4.03. The molecule has 4 aromatic rings. The Hall–Kier alpha value is -3.95. The van der Waals surface area contributed by atoms with Crippen molar-refractivity contribution < 1.29 is 31.1 Å². The molecule has 10 heteroatoms. The van der Waals surface area contributed by atoms with Gasteiger partial charge in [-0.3, -0.25) is 0 Å². The van der Waals surface area contributed by atoms with Gasteiger partial charge in [-0.25, -0.2) is 13.5 Å². The van der Waals surface area contributed by atoms with Crippen LogP contribution >= 0.6 is 0 Å². The lowest BCUT2D eigenvalue weighted by atomic mass is 9.58. The van der Waals surface area contributed by atoms with Gasteiger partial charge in [0.15, 0.2) is 23.6 Å². The van der Waals surface area contributed by atoms with Crippen LogP contribution < -0.4 is 9.13 Å². The third-order valence-electron chi connectivity index (χ3n) is 8.49. The van der Waals surface area contributed by atoms with Gasteiger partial charge in [0.1, 0.15) is 11.6 Å². The Morgan fingerprint density at radius 3 is 2.30 bits per heavy atom. The molecule has 40 heavy (non-hydrogen) atoms. The van der Waals surface area contributed by atoms with Crippen molar-refractivity contribution in [3.63, 3.8) is 0 Å².